The van der Waals surface area contributed by atoms with E-state index >= 15 is 0 Å². The number of halogens is 4. The van der Waals surface area contributed by atoms with Crippen molar-refractivity contribution in [1.82, 2.24) is 10.3 Å². The zero-order chi connectivity index (χ0) is 18.0. The Labute approximate surface area is 146 Å². The molecule has 0 aliphatic carbocycles. The topological polar surface area (TPSA) is 42.0 Å². The van der Waals surface area contributed by atoms with Gasteiger partial charge in [0.15, 0.2) is 0 Å². The fourth-order valence-electron chi connectivity index (χ4n) is 2.45. The van der Waals surface area contributed by atoms with Crippen molar-refractivity contribution in [3.63, 3.8) is 0 Å². The van der Waals surface area contributed by atoms with Crippen molar-refractivity contribution in [2.45, 2.75) is 6.18 Å². The van der Waals surface area contributed by atoms with Crippen molar-refractivity contribution in [2.24, 2.45) is 0 Å². The molecule has 1 aromatic heterocycles. The zero-order valence-electron chi connectivity index (χ0n) is 12.8. The Bertz CT molecular complexity index is 941. The van der Waals surface area contributed by atoms with E-state index in [4.69, 9.17) is 11.6 Å². The first-order valence-electron chi connectivity index (χ1n) is 7.35. The largest absolute Gasteiger partial charge is 0.405 e. The molecule has 128 valence electrons. The minimum absolute atomic E-state index is 0.116. The van der Waals surface area contributed by atoms with Crippen LogP contribution in [0.3, 0.4) is 0 Å². The number of aromatic nitrogens is 1. The Morgan fingerprint density at radius 1 is 1.08 bits per heavy atom. The van der Waals surface area contributed by atoms with Crippen LogP contribution < -0.4 is 5.32 Å². The summed E-state index contributed by atoms with van der Waals surface area (Å²) in [5.41, 5.74) is 1.63. The standard InChI is InChI=1S/C18H12ClF3N2O/c19-14-7-3-1-6-12(14)16-9-13(17(25)23-10-18(20,21)22)11-5-2-4-8-15(11)24-16/h1-9H,10H2,(H,23,25). The summed E-state index contributed by atoms with van der Waals surface area (Å²) in [7, 11) is 0. The smallest absolute Gasteiger partial charge is 0.343 e. The fourth-order valence-corrected chi connectivity index (χ4v) is 2.68. The van der Waals surface area contributed by atoms with Gasteiger partial charge in [0.1, 0.15) is 6.54 Å². The first-order chi connectivity index (χ1) is 11.8. The number of hydrogen-bond acceptors (Lipinski definition) is 2. The van der Waals surface area contributed by atoms with E-state index in [0.717, 1.165) is 0 Å². The molecule has 0 saturated carbocycles. The molecule has 3 rings (SSSR count). The van der Waals surface area contributed by atoms with Gasteiger partial charge in [-0.3, -0.25) is 4.79 Å². The average Bonchev–Trinajstić information content (AvgIpc) is 2.58. The number of hydrogen-bond donors (Lipinski definition) is 1. The number of carbonyl (C=O) groups excluding carboxylic acids is 1. The first kappa shape index (κ1) is 17.2. The van der Waals surface area contributed by atoms with Crippen molar-refractivity contribution in [1.29, 1.82) is 0 Å². The van der Waals surface area contributed by atoms with Crippen LogP contribution >= 0.6 is 11.6 Å². The molecule has 3 aromatic rings. The molecule has 3 nitrogen and oxygen atoms in total. The minimum Gasteiger partial charge on any atom is -0.343 e. The lowest BCUT2D eigenvalue weighted by molar-refractivity contribution is -0.123. The van der Waals surface area contributed by atoms with Crippen molar-refractivity contribution in [3.05, 3.63) is 65.2 Å². The Kier molecular flexibility index (Phi) is 4.63. The van der Waals surface area contributed by atoms with Crippen LogP contribution in [-0.4, -0.2) is 23.6 Å². The average molecular weight is 365 g/mol. The van der Waals surface area contributed by atoms with Crippen molar-refractivity contribution >= 4 is 28.4 Å². The number of alkyl halides is 3. The number of amides is 1. The molecule has 1 heterocycles. The molecule has 25 heavy (non-hydrogen) atoms. The highest BCUT2D eigenvalue weighted by Crippen LogP contribution is 2.29. The normalized spacial score (nSPS) is 11.5. The van der Waals surface area contributed by atoms with E-state index in [9.17, 15) is 18.0 Å². The SMILES string of the molecule is O=C(NCC(F)(F)F)c1cc(-c2ccccc2Cl)nc2ccccc12. The van der Waals surface area contributed by atoms with Gasteiger partial charge < -0.3 is 5.32 Å². The van der Waals surface area contributed by atoms with E-state index in [1.807, 2.05) is 5.32 Å². The lowest BCUT2D eigenvalue weighted by Gasteiger charge is -2.12. The van der Waals surface area contributed by atoms with Crippen LogP contribution in [-0.2, 0) is 0 Å². The molecule has 0 aliphatic rings. The summed E-state index contributed by atoms with van der Waals surface area (Å²) in [5, 5.41) is 2.81. The predicted molar refractivity (Wildman–Crippen MR) is 90.6 cm³/mol. The second kappa shape index (κ2) is 6.72. The molecule has 0 fully saturated rings. The minimum atomic E-state index is -4.48. The van der Waals surface area contributed by atoms with Crippen LogP contribution in [0, 0.1) is 0 Å². The highest BCUT2D eigenvalue weighted by molar-refractivity contribution is 6.33. The van der Waals surface area contributed by atoms with E-state index in [0.29, 0.717) is 27.2 Å². The summed E-state index contributed by atoms with van der Waals surface area (Å²) in [6.07, 6.45) is -4.48. The number of rotatable bonds is 3. The maximum atomic E-state index is 12.4. The second-order valence-corrected chi connectivity index (χ2v) is 5.76. The molecule has 0 saturated heterocycles. The van der Waals surface area contributed by atoms with E-state index in [1.54, 1.807) is 48.5 Å². The van der Waals surface area contributed by atoms with Crippen LogP contribution in [0.4, 0.5) is 13.2 Å². The monoisotopic (exact) mass is 364 g/mol. The number of nitrogens with zero attached hydrogens (tertiary/aromatic N) is 1. The molecule has 0 atom stereocenters. The predicted octanol–water partition coefficient (Wildman–Crippen LogP) is 4.85. The number of benzene rings is 2. The lowest BCUT2D eigenvalue weighted by Crippen LogP contribution is -2.33. The van der Waals surface area contributed by atoms with Gasteiger partial charge in [0.05, 0.1) is 16.8 Å². The maximum absolute atomic E-state index is 12.4. The molecule has 0 spiro atoms. The highest BCUT2D eigenvalue weighted by atomic mass is 35.5. The third-order valence-corrected chi connectivity index (χ3v) is 3.89. The summed E-state index contributed by atoms with van der Waals surface area (Å²) in [5.74, 6) is -0.816. The van der Waals surface area contributed by atoms with Crippen LogP contribution in [0.25, 0.3) is 22.2 Å². The molecular formula is C18H12ClF3N2O. The molecular weight excluding hydrogens is 353 g/mol. The van der Waals surface area contributed by atoms with Gasteiger partial charge in [0.25, 0.3) is 5.91 Å². The zero-order valence-corrected chi connectivity index (χ0v) is 13.5. The van der Waals surface area contributed by atoms with Gasteiger partial charge in [-0.15, -0.1) is 0 Å². The third-order valence-electron chi connectivity index (χ3n) is 3.56. The molecule has 0 bridgehead atoms. The van der Waals surface area contributed by atoms with Gasteiger partial charge in [0, 0.05) is 16.0 Å². The third kappa shape index (κ3) is 3.91. The van der Waals surface area contributed by atoms with Crippen LogP contribution in [0.5, 0.6) is 0 Å². The maximum Gasteiger partial charge on any atom is 0.405 e. The van der Waals surface area contributed by atoms with Crippen molar-refractivity contribution in [2.75, 3.05) is 6.54 Å². The van der Waals surface area contributed by atoms with Gasteiger partial charge in [-0.2, -0.15) is 13.2 Å². The number of fused-ring (bicyclic) bond motifs is 1. The van der Waals surface area contributed by atoms with Crippen LogP contribution in [0.15, 0.2) is 54.6 Å². The Morgan fingerprint density at radius 3 is 2.48 bits per heavy atom. The Balaban J connectivity index is 2.10. The van der Waals surface area contributed by atoms with Gasteiger partial charge in [-0.25, -0.2) is 4.98 Å². The molecule has 0 aliphatic heterocycles. The molecule has 7 heteroatoms. The quantitative estimate of drug-likeness (QED) is 0.722. The fraction of sp³-hybridized carbons (Fsp3) is 0.111. The van der Waals surface area contributed by atoms with Gasteiger partial charge >= 0.3 is 6.18 Å². The van der Waals surface area contributed by atoms with Gasteiger partial charge in [-0.1, -0.05) is 48.0 Å². The highest BCUT2D eigenvalue weighted by Gasteiger charge is 2.28. The Hall–Kier alpha value is -2.60. The summed E-state index contributed by atoms with van der Waals surface area (Å²) < 4.78 is 37.2. The first-order valence-corrected chi connectivity index (χ1v) is 7.72. The Morgan fingerprint density at radius 2 is 1.76 bits per heavy atom. The number of carbonyl (C=O) groups is 1. The van der Waals surface area contributed by atoms with E-state index < -0.39 is 18.6 Å². The molecule has 1 amide bonds. The summed E-state index contributed by atoms with van der Waals surface area (Å²) in [6.45, 7) is -1.40. The van der Waals surface area contributed by atoms with Crippen LogP contribution in [0.1, 0.15) is 10.4 Å². The summed E-state index contributed by atoms with van der Waals surface area (Å²) in [6, 6.07) is 15.1. The van der Waals surface area contributed by atoms with Gasteiger partial charge in [-0.05, 0) is 18.2 Å². The van der Waals surface area contributed by atoms with Crippen molar-refractivity contribution < 1.29 is 18.0 Å². The number of pyridine rings is 1. The number of para-hydroxylation sites is 1. The van der Waals surface area contributed by atoms with Crippen LogP contribution in [0.2, 0.25) is 5.02 Å². The van der Waals surface area contributed by atoms with Gasteiger partial charge in [0.2, 0.25) is 0 Å². The number of nitrogens with one attached hydrogen (secondary N) is 1. The van der Waals surface area contributed by atoms with Crippen molar-refractivity contribution in [3.8, 4) is 11.3 Å². The lowest BCUT2D eigenvalue weighted by atomic mass is 10.0. The molecule has 1 N–H and O–H groups in total. The summed E-state index contributed by atoms with van der Waals surface area (Å²) >= 11 is 6.17. The molecule has 0 unspecified atom stereocenters. The summed E-state index contributed by atoms with van der Waals surface area (Å²) in [4.78, 5) is 16.8. The van der Waals surface area contributed by atoms with E-state index in [1.165, 1.54) is 6.07 Å². The second-order valence-electron chi connectivity index (χ2n) is 5.35. The van der Waals surface area contributed by atoms with E-state index in [2.05, 4.69) is 4.98 Å². The van der Waals surface area contributed by atoms with E-state index in [-0.39, 0.29) is 5.56 Å². The molecule has 2 aromatic carbocycles. The molecule has 0 radical (unpaired) electrons.